The molecule has 1 aliphatic heterocycles. The molecule has 0 saturated heterocycles. The summed E-state index contributed by atoms with van der Waals surface area (Å²) in [6.07, 6.45) is 3.67. The number of hydrazone groups is 1. The number of benzene rings is 2. The highest BCUT2D eigenvalue weighted by molar-refractivity contribution is 6.05. The van der Waals surface area contributed by atoms with Crippen LogP contribution in [-0.2, 0) is 0 Å². The highest BCUT2D eigenvalue weighted by atomic mass is 16.5. The fraction of sp³-hybridized carbons (Fsp3) is 0.174. The van der Waals surface area contributed by atoms with Crippen molar-refractivity contribution in [1.29, 1.82) is 0 Å². The van der Waals surface area contributed by atoms with Crippen LogP contribution in [-0.4, -0.2) is 40.9 Å². The lowest BCUT2D eigenvalue weighted by atomic mass is 9.97. The third kappa shape index (κ3) is 3.69. The first-order valence-electron chi connectivity index (χ1n) is 9.43. The first kappa shape index (κ1) is 19.4. The van der Waals surface area contributed by atoms with Crippen molar-refractivity contribution < 1.29 is 19.4 Å². The summed E-state index contributed by atoms with van der Waals surface area (Å²) in [7, 11) is 3.16. The fourth-order valence-electron chi connectivity index (χ4n) is 3.47. The molecule has 1 aromatic heterocycles. The summed E-state index contributed by atoms with van der Waals surface area (Å²) in [5.41, 5.74) is 2.94. The van der Waals surface area contributed by atoms with Gasteiger partial charge in [-0.25, -0.2) is 5.01 Å². The number of hydrogen-bond donors (Lipinski definition) is 1. The van der Waals surface area contributed by atoms with E-state index in [1.54, 1.807) is 56.8 Å². The van der Waals surface area contributed by atoms with Crippen LogP contribution in [0.4, 0.5) is 0 Å². The Labute approximate surface area is 174 Å². The zero-order chi connectivity index (χ0) is 21.1. The predicted octanol–water partition coefficient (Wildman–Crippen LogP) is 3.80. The van der Waals surface area contributed by atoms with Crippen LogP contribution in [0.25, 0.3) is 0 Å². The molecule has 3 aromatic rings. The SMILES string of the molecule is COc1ccc(C2CC(c3ccc(O)cc3)=NN2C(=O)c2cccnc2)cc1OC. The lowest BCUT2D eigenvalue weighted by Gasteiger charge is -2.23. The van der Waals surface area contributed by atoms with Crippen LogP contribution in [0, 0.1) is 0 Å². The summed E-state index contributed by atoms with van der Waals surface area (Å²) in [6, 6.07) is 15.5. The molecule has 7 heteroatoms. The van der Waals surface area contributed by atoms with Crippen LogP contribution >= 0.6 is 0 Å². The number of phenolic OH excluding ortho intramolecular Hbond substituents is 1. The lowest BCUT2D eigenvalue weighted by molar-refractivity contribution is 0.0710. The molecule has 2 aromatic carbocycles. The molecular weight excluding hydrogens is 382 g/mol. The average Bonchev–Trinajstić information content (AvgIpc) is 3.24. The molecule has 4 rings (SSSR count). The summed E-state index contributed by atoms with van der Waals surface area (Å²) in [4.78, 5) is 17.3. The van der Waals surface area contributed by atoms with Gasteiger partial charge >= 0.3 is 0 Å². The number of nitrogens with zero attached hydrogens (tertiary/aromatic N) is 3. The molecule has 2 heterocycles. The van der Waals surface area contributed by atoms with Gasteiger partial charge in [-0.05, 0) is 59.7 Å². The third-order valence-corrected chi connectivity index (χ3v) is 5.02. The molecule has 30 heavy (non-hydrogen) atoms. The Bertz CT molecular complexity index is 1080. The number of aromatic hydroxyl groups is 1. The average molecular weight is 403 g/mol. The maximum absolute atomic E-state index is 13.2. The van der Waals surface area contributed by atoms with Gasteiger partial charge in [-0.2, -0.15) is 5.10 Å². The standard InChI is InChI=1S/C23H21N3O4/c1-29-21-10-7-16(12-22(21)30-2)20-13-19(15-5-8-18(27)9-6-15)25-26(20)23(28)17-4-3-11-24-14-17/h3-12,14,20,27H,13H2,1-2H3. The maximum atomic E-state index is 13.2. The number of amides is 1. The van der Waals surface area contributed by atoms with Crippen LogP contribution in [0.1, 0.15) is 33.9 Å². The number of ether oxygens (including phenoxy) is 2. The topological polar surface area (TPSA) is 84.3 Å². The van der Waals surface area contributed by atoms with E-state index in [-0.39, 0.29) is 17.7 Å². The van der Waals surface area contributed by atoms with E-state index in [2.05, 4.69) is 10.1 Å². The second-order valence-corrected chi connectivity index (χ2v) is 6.82. The van der Waals surface area contributed by atoms with E-state index in [4.69, 9.17) is 9.47 Å². The maximum Gasteiger partial charge on any atom is 0.276 e. The minimum atomic E-state index is -0.318. The van der Waals surface area contributed by atoms with Crippen LogP contribution in [0.2, 0.25) is 0 Å². The first-order valence-corrected chi connectivity index (χ1v) is 9.43. The summed E-state index contributed by atoms with van der Waals surface area (Å²) in [5.74, 6) is 1.14. The quantitative estimate of drug-likeness (QED) is 0.701. The Morgan fingerprint density at radius 3 is 2.50 bits per heavy atom. The van der Waals surface area contributed by atoms with Gasteiger partial charge in [-0.15, -0.1) is 0 Å². The van der Waals surface area contributed by atoms with Gasteiger partial charge in [0, 0.05) is 18.8 Å². The second kappa shape index (κ2) is 8.24. The summed E-state index contributed by atoms with van der Waals surface area (Å²) < 4.78 is 10.8. The largest absolute Gasteiger partial charge is 0.508 e. The molecule has 1 unspecified atom stereocenters. The molecule has 0 saturated carbocycles. The monoisotopic (exact) mass is 403 g/mol. The van der Waals surface area contributed by atoms with Gasteiger partial charge in [-0.1, -0.05) is 6.07 Å². The van der Waals surface area contributed by atoms with Gasteiger partial charge in [0.15, 0.2) is 11.5 Å². The molecule has 0 aliphatic carbocycles. The number of phenols is 1. The van der Waals surface area contributed by atoms with Gasteiger partial charge in [0.2, 0.25) is 0 Å². The molecule has 0 fully saturated rings. The molecule has 0 spiro atoms. The fourth-order valence-corrected chi connectivity index (χ4v) is 3.47. The molecule has 7 nitrogen and oxygen atoms in total. The first-order chi connectivity index (χ1) is 14.6. The van der Waals surface area contributed by atoms with Crippen molar-refractivity contribution >= 4 is 11.6 Å². The number of pyridine rings is 1. The second-order valence-electron chi connectivity index (χ2n) is 6.82. The number of rotatable bonds is 5. The lowest BCUT2D eigenvalue weighted by Crippen LogP contribution is -2.27. The van der Waals surface area contributed by atoms with Crippen molar-refractivity contribution in [3.05, 3.63) is 83.7 Å². The number of methoxy groups -OCH3 is 2. The van der Waals surface area contributed by atoms with E-state index < -0.39 is 0 Å². The van der Waals surface area contributed by atoms with Crippen molar-refractivity contribution in [3.63, 3.8) is 0 Å². The third-order valence-electron chi connectivity index (χ3n) is 5.02. The number of carbonyl (C=O) groups excluding carboxylic acids is 1. The van der Waals surface area contributed by atoms with Crippen LogP contribution < -0.4 is 9.47 Å². The van der Waals surface area contributed by atoms with Gasteiger partial charge < -0.3 is 14.6 Å². The number of aromatic nitrogens is 1. The van der Waals surface area contributed by atoms with Crippen LogP contribution in [0.3, 0.4) is 0 Å². The Morgan fingerprint density at radius 2 is 1.83 bits per heavy atom. The summed E-state index contributed by atoms with van der Waals surface area (Å²) >= 11 is 0. The smallest absolute Gasteiger partial charge is 0.276 e. The molecular formula is C23H21N3O4. The van der Waals surface area contributed by atoms with E-state index in [9.17, 15) is 9.90 Å². The Morgan fingerprint density at radius 1 is 1.07 bits per heavy atom. The van der Waals surface area contributed by atoms with Crippen LogP contribution in [0.5, 0.6) is 17.2 Å². The molecule has 1 aliphatic rings. The number of carbonyl (C=O) groups is 1. The Balaban J connectivity index is 1.74. The van der Waals surface area contributed by atoms with Crippen LogP contribution in [0.15, 0.2) is 72.1 Å². The van der Waals surface area contributed by atoms with Gasteiger partial charge in [0.05, 0.1) is 31.5 Å². The Hall–Kier alpha value is -3.87. The van der Waals surface area contributed by atoms with Gasteiger partial charge in [-0.3, -0.25) is 9.78 Å². The minimum Gasteiger partial charge on any atom is -0.508 e. The summed E-state index contributed by atoms with van der Waals surface area (Å²) in [6.45, 7) is 0. The van der Waals surface area contributed by atoms with Crippen molar-refractivity contribution in [1.82, 2.24) is 9.99 Å². The van der Waals surface area contributed by atoms with Crippen molar-refractivity contribution in [2.45, 2.75) is 12.5 Å². The van der Waals surface area contributed by atoms with E-state index >= 15 is 0 Å². The van der Waals surface area contributed by atoms with E-state index in [0.29, 0.717) is 23.5 Å². The van der Waals surface area contributed by atoms with Gasteiger partial charge in [0.25, 0.3) is 5.91 Å². The molecule has 152 valence electrons. The normalized spacial score (nSPS) is 15.6. The van der Waals surface area contributed by atoms with E-state index in [1.165, 1.54) is 11.2 Å². The predicted molar refractivity (Wildman–Crippen MR) is 112 cm³/mol. The highest BCUT2D eigenvalue weighted by Crippen LogP contribution is 2.38. The van der Waals surface area contributed by atoms with Gasteiger partial charge in [0.1, 0.15) is 5.75 Å². The minimum absolute atomic E-state index is 0.178. The molecule has 1 atom stereocenters. The highest BCUT2D eigenvalue weighted by Gasteiger charge is 2.34. The summed E-state index contributed by atoms with van der Waals surface area (Å²) in [5, 5.41) is 15.7. The molecule has 1 amide bonds. The van der Waals surface area contributed by atoms with Crippen molar-refractivity contribution in [3.8, 4) is 17.2 Å². The van der Waals surface area contributed by atoms with Crippen molar-refractivity contribution in [2.24, 2.45) is 5.10 Å². The zero-order valence-corrected chi connectivity index (χ0v) is 16.6. The van der Waals surface area contributed by atoms with E-state index in [0.717, 1.165) is 16.8 Å². The molecule has 0 bridgehead atoms. The molecule has 1 N–H and O–H groups in total. The molecule has 0 radical (unpaired) electrons. The van der Waals surface area contributed by atoms with Crippen molar-refractivity contribution in [2.75, 3.05) is 14.2 Å². The number of hydrogen-bond acceptors (Lipinski definition) is 6. The zero-order valence-electron chi connectivity index (χ0n) is 16.6. The van der Waals surface area contributed by atoms with E-state index in [1.807, 2.05) is 18.2 Å². The Kier molecular flexibility index (Phi) is 5.34.